The summed E-state index contributed by atoms with van der Waals surface area (Å²) in [5, 5.41) is 20.3. The van der Waals surface area contributed by atoms with E-state index in [2.05, 4.69) is 10.3 Å². The minimum absolute atomic E-state index is 0.0607. The summed E-state index contributed by atoms with van der Waals surface area (Å²) in [6.07, 6.45) is 1.21. The molecule has 0 atom stereocenters. The van der Waals surface area contributed by atoms with Crippen LogP contribution < -0.4 is 5.32 Å². The number of amides is 1. The van der Waals surface area contributed by atoms with Crippen LogP contribution in [-0.4, -0.2) is 27.1 Å². The highest BCUT2D eigenvalue weighted by Gasteiger charge is 2.09. The first-order valence-electron chi connectivity index (χ1n) is 5.80. The zero-order valence-electron chi connectivity index (χ0n) is 10.4. The van der Waals surface area contributed by atoms with Crippen LogP contribution in [0.5, 0.6) is 0 Å². The van der Waals surface area contributed by atoms with E-state index in [-0.39, 0.29) is 23.8 Å². The molecule has 0 fully saturated rings. The van der Waals surface area contributed by atoms with Crippen molar-refractivity contribution in [2.75, 3.05) is 5.32 Å². The second kappa shape index (κ2) is 5.94. The molecule has 0 saturated carbocycles. The molecule has 1 aromatic heterocycles. The lowest BCUT2D eigenvalue weighted by Gasteiger charge is -2.06. The second-order valence-corrected chi connectivity index (χ2v) is 4.05. The number of aromatic nitrogens is 1. The number of benzene rings is 1. The first kappa shape index (κ1) is 13.7. The number of hydrogen-bond donors (Lipinski definition) is 3. The lowest BCUT2D eigenvalue weighted by Crippen LogP contribution is -2.13. The highest BCUT2D eigenvalue weighted by molar-refractivity contribution is 6.04. The minimum atomic E-state index is -1.14. The Labute approximate surface area is 114 Å². The largest absolute Gasteiger partial charge is 0.477 e. The summed E-state index contributed by atoms with van der Waals surface area (Å²) >= 11 is 0. The number of nitrogens with zero attached hydrogens (tertiary/aromatic N) is 1. The van der Waals surface area contributed by atoms with Crippen LogP contribution in [0.4, 0.5) is 5.69 Å². The first-order chi connectivity index (χ1) is 9.60. The van der Waals surface area contributed by atoms with E-state index >= 15 is 0 Å². The summed E-state index contributed by atoms with van der Waals surface area (Å²) in [4.78, 5) is 26.2. The van der Waals surface area contributed by atoms with Crippen LogP contribution in [0, 0.1) is 0 Å². The van der Waals surface area contributed by atoms with Crippen molar-refractivity contribution in [3.05, 3.63) is 59.4 Å². The maximum Gasteiger partial charge on any atom is 0.354 e. The molecule has 0 unspecified atom stereocenters. The van der Waals surface area contributed by atoms with Gasteiger partial charge in [0.15, 0.2) is 0 Å². The number of carboxylic acids is 1. The predicted octanol–water partition coefficient (Wildman–Crippen LogP) is 1.52. The maximum atomic E-state index is 11.9. The molecule has 0 aliphatic heterocycles. The summed E-state index contributed by atoms with van der Waals surface area (Å²) < 4.78 is 0. The van der Waals surface area contributed by atoms with E-state index in [1.165, 1.54) is 18.3 Å². The van der Waals surface area contributed by atoms with Gasteiger partial charge in [0.2, 0.25) is 0 Å². The fourth-order valence-corrected chi connectivity index (χ4v) is 1.55. The van der Waals surface area contributed by atoms with Crippen LogP contribution in [0.3, 0.4) is 0 Å². The van der Waals surface area contributed by atoms with E-state index < -0.39 is 5.97 Å². The van der Waals surface area contributed by atoms with Crippen molar-refractivity contribution in [1.82, 2.24) is 4.98 Å². The number of pyridine rings is 1. The number of aliphatic hydroxyl groups is 1. The van der Waals surface area contributed by atoms with Crippen molar-refractivity contribution in [3.63, 3.8) is 0 Å². The van der Waals surface area contributed by atoms with E-state index in [4.69, 9.17) is 10.2 Å². The molecule has 3 N–H and O–H groups in total. The highest BCUT2D eigenvalue weighted by atomic mass is 16.4. The fourth-order valence-electron chi connectivity index (χ4n) is 1.55. The molecule has 20 heavy (non-hydrogen) atoms. The number of carboxylic acid groups (broad SMARTS) is 1. The number of rotatable bonds is 4. The molecule has 2 aromatic rings. The second-order valence-electron chi connectivity index (χ2n) is 4.05. The van der Waals surface area contributed by atoms with Crippen molar-refractivity contribution in [3.8, 4) is 0 Å². The maximum absolute atomic E-state index is 11.9. The van der Waals surface area contributed by atoms with Crippen molar-refractivity contribution >= 4 is 17.6 Å². The molecule has 2 rings (SSSR count). The van der Waals surface area contributed by atoms with Crippen molar-refractivity contribution in [1.29, 1.82) is 0 Å². The lowest BCUT2D eigenvalue weighted by atomic mass is 10.2. The van der Waals surface area contributed by atoms with Gasteiger partial charge < -0.3 is 15.5 Å². The number of anilines is 1. The van der Waals surface area contributed by atoms with Gasteiger partial charge in [-0.05, 0) is 29.8 Å². The molecule has 0 aliphatic carbocycles. The van der Waals surface area contributed by atoms with Gasteiger partial charge >= 0.3 is 5.97 Å². The average molecular weight is 272 g/mol. The Hall–Kier alpha value is -2.73. The molecule has 0 bridgehead atoms. The number of carbonyl (C=O) groups excluding carboxylic acids is 1. The normalized spacial score (nSPS) is 10.1. The van der Waals surface area contributed by atoms with Gasteiger partial charge in [-0.2, -0.15) is 0 Å². The zero-order valence-corrected chi connectivity index (χ0v) is 10.4. The van der Waals surface area contributed by atoms with Gasteiger partial charge in [0.1, 0.15) is 5.69 Å². The molecule has 102 valence electrons. The first-order valence-corrected chi connectivity index (χ1v) is 5.80. The van der Waals surface area contributed by atoms with E-state index in [1.54, 1.807) is 24.3 Å². The standard InChI is InChI=1S/C14H12N2O4/c17-8-9-1-4-11(5-2-9)16-13(18)10-3-6-12(14(19)20)15-7-10/h1-7,17H,8H2,(H,16,18)(H,19,20). The molecular weight excluding hydrogens is 260 g/mol. The third-order valence-electron chi connectivity index (χ3n) is 2.64. The van der Waals surface area contributed by atoms with Crippen LogP contribution in [0.15, 0.2) is 42.6 Å². The summed E-state index contributed by atoms with van der Waals surface area (Å²) in [6, 6.07) is 9.40. The Kier molecular flexibility index (Phi) is 4.07. The number of aromatic carboxylic acids is 1. The molecule has 1 amide bonds. The lowest BCUT2D eigenvalue weighted by molar-refractivity contribution is 0.0690. The fraction of sp³-hybridized carbons (Fsp3) is 0.0714. The third-order valence-corrected chi connectivity index (χ3v) is 2.64. The van der Waals surface area contributed by atoms with Crippen LogP contribution in [0.2, 0.25) is 0 Å². The van der Waals surface area contributed by atoms with Crippen LogP contribution in [0.25, 0.3) is 0 Å². The number of carbonyl (C=O) groups is 2. The number of aliphatic hydroxyl groups excluding tert-OH is 1. The van der Waals surface area contributed by atoms with Crippen molar-refractivity contribution in [2.24, 2.45) is 0 Å². The Bertz CT molecular complexity index is 621. The molecule has 1 aromatic carbocycles. The molecule has 1 heterocycles. The summed E-state index contributed by atoms with van der Waals surface area (Å²) in [7, 11) is 0. The Morgan fingerprint density at radius 1 is 1.10 bits per heavy atom. The monoisotopic (exact) mass is 272 g/mol. The van der Waals surface area contributed by atoms with Gasteiger partial charge in [0.25, 0.3) is 5.91 Å². The van der Waals surface area contributed by atoms with E-state index in [1.807, 2.05) is 0 Å². The van der Waals surface area contributed by atoms with E-state index in [9.17, 15) is 9.59 Å². The average Bonchev–Trinajstić information content (AvgIpc) is 2.48. The molecule has 6 nitrogen and oxygen atoms in total. The van der Waals surface area contributed by atoms with Gasteiger partial charge in [-0.1, -0.05) is 12.1 Å². The van der Waals surface area contributed by atoms with Gasteiger partial charge in [0, 0.05) is 11.9 Å². The van der Waals surface area contributed by atoms with Gasteiger partial charge in [-0.15, -0.1) is 0 Å². The predicted molar refractivity (Wildman–Crippen MR) is 71.5 cm³/mol. The topological polar surface area (TPSA) is 99.5 Å². The summed E-state index contributed by atoms with van der Waals surface area (Å²) in [5.41, 5.74) is 1.47. The highest BCUT2D eigenvalue weighted by Crippen LogP contribution is 2.11. The molecule has 6 heteroatoms. The Morgan fingerprint density at radius 2 is 1.80 bits per heavy atom. The smallest absolute Gasteiger partial charge is 0.354 e. The van der Waals surface area contributed by atoms with E-state index in [0.717, 1.165) is 5.56 Å². The minimum Gasteiger partial charge on any atom is -0.477 e. The van der Waals surface area contributed by atoms with Crippen molar-refractivity contribution in [2.45, 2.75) is 6.61 Å². The van der Waals surface area contributed by atoms with Crippen LogP contribution >= 0.6 is 0 Å². The number of nitrogens with one attached hydrogen (secondary N) is 1. The summed E-state index contributed by atoms with van der Waals surface area (Å²) in [5.74, 6) is -1.53. The van der Waals surface area contributed by atoms with Gasteiger partial charge in [-0.3, -0.25) is 4.79 Å². The molecule has 0 radical (unpaired) electrons. The molecule has 0 aliphatic rings. The quantitative estimate of drug-likeness (QED) is 0.783. The Morgan fingerprint density at radius 3 is 2.30 bits per heavy atom. The Balaban J connectivity index is 2.08. The van der Waals surface area contributed by atoms with E-state index in [0.29, 0.717) is 5.69 Å². The van der Waals surface area contributed by atoms with Gasteiger partial charge in [-0.25, -0.2) is 9.78 Å². The SMILES string of the molecule is O=C(Nc1ccc(CO)cc1)c1ccc(C(=O)O)nc1. The molecular formula is C14H12N2O4. The van der Waals surface area contributed by atoms with Crippen molar-refractivity contribution < 1.29 is 19.8 Å². The third kappa shape index (κ3) is 3.18. The zero-order chi connectivity index (χ0) is 14.5. The van der Waals surface area contributed by atoms with Crippen LogP contribution in [0.1, 0.15) is 26.4 Å². The molecule has 0 saturated heterocycles. The molecule has 0 spiro atoms. The summed E-state index contributed by atoms with van der Waals surface area (Å²) in [6.45, 7) is -0.0607. The van der Waals surface area contributed by atoms with Crippen LogP contribution in [-0.2, 0) is 6.61 Å². The number of hydrogen-bond acceptors (Lipinski definition) is 4. The van der Waals surface area contributed by atoms with Gasteiger partial charge in [0.05, 0.1) is 12.2 Å².